The summed E-state index contributed by atoms with van der Waals surface area (Å²) in [7, 11) is 0. The molecular weight excluding hydrogens is 357 g/mol. The van der Waals surface area contributed by atoms with Crippen LogP contribution >= 0.6 is 0 Å². The average Bonchev–Trinajstić information content (AvgIpc) is 2.95. The van der Waals surface area contributed by atoms with E-state index in [1.54, 1.807) is 18.2 Å². The van der Waals surface area contributed by atoms with Gasteiger partial charge in [0.25, 0.3) is 5.91 Å². The Hall–Kier alpha value is -2.69. The Morgan fingerprint density at radius 1 is 1.21 bits per heavy atom. The molecule has 1 amide bonds. The van der Waals surface area contributed by atoms with Crippen LogP contribution < -0.4 is 10.1 Å². The molecule has 5 heteroatoms. The summed E-state index contributed by atoms with van der Waals surface area (Å²) in [6.45, 7) is 7.81. The summed E-state index contributed by atoms with van der Waals surface area (Å²) in [6.07, 6.45) is 0.475. The number of amides is 1. The molecule has 2 aromatic carbocycles. The minimum Gasteiger partial charge on any atom is -0.483 e. The summed E-state index contributed by atoms with van der Waals surface area (Å²) >= 11 is 0. The van der Waals surface area contributed by atoms with Crippen molar-refractivity contribution in [3.63, 3.8) is 0 Å². The SMILES string of the molecule is Cc1ccc(OCC(=O)N[C@H](c2ccc(F)cc2)C(C)C)c2c1[C@H](C)CC2=O. The van der Waals surface area contributed by atoms with Crippen molar-refractivity contribution in [2.24, 2.45) is 5.92 Å². The second kappa shape index (κ2) is 8.13. The van der Waals surface area contributed by atoms with Gasteiger partial charge in [0.2, 0.25) is 0 Å². The largest absolute Gasteiger partial charge is 0.483 e. The molecule has 0 saturated carbocycles. The van der Waals surface area contributed by atoms with Crippen LogP contribution in [0.5, 0.6) is 5.75 Å². The van der Waals surface area contributed by atoms with E-state index in [1.807, 2.05) is 33.8 Å². The summed E-state index contributed by atoms with van der Waals surface area (Å²) in [6, 6.07) is 9.56. The van der Waals surface area contributed by atoms with Crippen LogP contribution in [0.3, 0.4) is 0 Å². The van der Waals surface area contributed by atoms with Crippen LogP contribution in [0.1, 0.15) is 66.2 Å². The fourth-order valence-electron chi connectivity index (χ4n) is 3.89. The van der Waals surface area contributed by atoms with Gasteiger partial charge in [-0.3, -0.25) is 9.59 Å². The van der Waals surface area contributed by atoms with Crippen LogP contribution in [0.4, 0.5) is 4.39 Å². The highest BCUT2D eigenvalue weighted by atomic mass is 19.1. The minimum atomic E-state index is -0.312. The van der Waals surface area contributed by atoms with Crippen LogP contribution in [0.2, 0.25) is 0 Å². The number of halogens is 1. The Labute approximate surface area is 165 Å². The van der Waals surface area contributed by atoms with E-state index in [1.165, 1.54) is 12.1 Å². The first kappa shape index (κ1) is 20.1. The predicted octanol–water partition coefficient (Wildman–Crippen LogP) is 4.72. The Morgan fingerprint density at radius 2 is 1.89 bits per heavy atom. The van der Waals surface area contributed by atoms with E-state index in [9.17, 15) is 14.0 Å². The van der Waals surface area contributed by atoms with Crippen LogP contribution in [0, 0.1) is 18.7 Å². The number of hydrogen-bond acceptors (Lipinski definition) is 3. The summed E-state index contributed by atoms with van der Waals surface area (Å²) in [5, 5.41) is 2.95. The molecule has 1 N–H and O–H groups in total. The first-order chi connectivity index (χ1) is 13.3. The molecule has 0 radical (unpaired) electrons. The molecule has 0 aromatic heterocycles. The number of carbonyl (C=O) groups is 2. The lowest BCUT2D eigenvalue weighted by molar-refractivity contribution is -0.124. The quantitative estimate of drug-likeness (QED) is 0.785. The lowest BCUT2D eigenvalue weighted by Gasteiger charge is -2.23. The molecule has 0 spiro atoms. The van der Waals surface area contributed by atoms with Gasteiger partial charge in [-0.05, 0) is 53.6 Å². The third-order valence-corrected chi connectivity index (χ3v) is 5.26. The number of ether oxygens (including phenoxy) is 1. The zero-order valence-electron chi connectivity index (χ0n) is 16.7. The van der Waals surface area contributed by atoms with Crippen molar-refractivity contribution >= 4 is 11.7 Å². The second-order valence-corrected chi connectivity index (χ2v) is 7.83. The van der Waals surface area contributed by atoms with E-state index in [0.29, 0.717) is 17.7 Å². The topological polar surface area (TPSA) is 55.4 Å². The number of Topliss-reactive ketones (excluding diaryl/α,β-unsaturated/α-hetero) is 1. The van der Waals surface area contributed by atoms with Gasteiger partial charge in [0, 0.05) is 6.42 Å². The summed E-state index contributed by atoms with van der Waals surface area (Å²) in [5.74, 6) is 0.231. The maximum atomic E-state index is 13.2. The highest BCUT2D eigenvalue weighted by Crippen LogP contribution is 2.40. The van der Waals surface area contributed by atoms with E-state index in [2.05, 4.69) is 5.32 Å². The first-order valence-electron chi connectivity index (χ1n) is 9.62. The van der Waals surface area contributed by atoms with Gasteiger partial charge in [-0.1, -0.05) is 39.0 Å². The van der Waals surface area contributed by atoms with Crippen LogP contribution in [0.15, 0.2) is 36.4 Å². The highest BCUT2D eigenvalue weighted by molar-refractivity contribution is 6.04. The number of rotatable bonds is 6. The summed E-state index contributed by atoms with van der Waals surface area (Å²) in [5.41, 5.74) is 3.54. The fourth-order valence-corrected chi connectivity index (χ4v) is 3.89. The zero-order valence-corrected chi connectivity index (χ0v) is 16.7. The molecule has 1 aliphatic carbocycles. The normalized spacial score (nSPS) is 16.8. The molecule has 148 valence electrons. The van der Waals surface area contributed by atoms with Crippen molar-refractivity contribution in [3.05, 3.63) is 64.5 Å². The first-order valence-corrected chi connectivity index (χ1v) is 9.62. The summed E-state index contributed by atoms with van der Waals surface area (Å²) < 4.78 is 18.9. The number of fused-ring (bicyclic) bond motifs is 1. The van der Waals surface area contributed by atoms with Crippen LogP contribution in [0.25, 0.3) is 0 Å². The molecule has 0 unspecified atom stereocenters. The van der Waals surface area contributed by atoms with E-state index < -0.39 is 0 Å². The summed E-state index contributed by atoms with van der Waals surface area (Å²) in [4.78, 5) is 24.9. The van der Waals surface area contributed by atoms with Gasteiger partial charge in [0.15, 0.2) is 12.4 Å². The Morgan fingerprint density at radius 3 is 2.54 bits per heavy atom. The van der Waals surface area contributed by atoms with Gasteiger partial charge in [-0.2, -0.15) is 0 Å². The maximum absolute atomic E-state index is 13.2. The highest BCUT2D eigenvalue weighted by Gasteiger charge is 2.31. The molecule has 2 atom stereocenters. The maximum Gasteiger partial charge on any atom is 0.258 e. The van der Waals surface area contributed by atoms with Gasteiger partial charge in [-0.15, -0.1) is 0 Å². The molecule has 28 heavy (non-hydrogen) atoms. The van der Waals surface area contributed by atoms with Crippen molar-refractivity contribution in [2.45, 2.75) is 46.1 Å². The van der Waals surface area contributed by atoms with Crippen molar-refractivity contribution in [1.29, 1.82) is 0 Å². The lowest BCUT2D eigenvalue weighted by Crippen LogP contribution is -2.35. The predicted molar refractivity (Wildman–Crippen MR) is 106 cm³/mol. The van der Waals surface area contributed by atoms with Gasteiger partial charge in [0.05, 0.1) is 11.6 Å². The molecule has 0 bridgehead atoms. The number of ketones is 1. The van der Waals surface area contributed by atoms with Crippen LogP contribution in [-0.2, 0) is 4.79 Å². The van der Waals surface area contributed by atoms with Gasteiger partial charge in [0.1, 0.15) is 11.6 Å². The van der Waals surface area contributed by atoms with Crippen molar-refractivity contribution in [2.75, 3.05) is 6.61 Å². The molecule has 4 nitrogen and oxygen atoms in total. The average molecular weight is 383 g/mol. The lowest BCUT2D eigenvalue weighted by atomic mass is 9.96. The van der Waals surface area contributed by atoms with Crippen molar-refractivity contribution in [1.82, 2.24) is 5.32 Å². The number of hydrogen-bond donors (Lipinski definition) is 1. The number of carbonyl (C=O) groups excluding carboxylic acids is 2. The van der Waals surface area contributed by atoms with Gasteiger partial charge in [-0.25, -0.2) is 4.39 Å². The third kappa shape index (κ3) is 4.08. The molecule has 0 aliphatic heterocycles. The smallest absolute Gasteiger partial charge is 0.258 e. The molecule has 0 saturated heterocycles. The fraction of sp³-hybridized carbons (Fsp3) is 0.391. The molecule has 0 heterocycles. The number of aryl methyl sites for hydroxylation is 1. The standard InChI is InChI=1S/C23H26FNO3/c1-13(2)23(16-6-8-17(24)9-7-16)25-20(27)12-28-19-10-5-14(3)21-15(4)11-18(26)22(19)21/h5-10,13,15,23H,11-12H2,1-4H3,(H,25,27)/t15-,23+/m1/s1. The van der Waals surface area contributed by atoms with E-state index in [4.69, 9.17) is 4.74 Å². The van der Waals surface area contributed by atoms with E-state index in [-0.39, 0.29) is 42.0 Å². The second-order valence-electron chi connectivity index (χ2n) is 7.83. The Bertz CT molecular complexity index is 889. The molecule has 0 fully saturated rings. The third-order valence-electron chi connectivity index (χ3n) is 5.26. The van der Waals surface area contributed by atoms with E-state index >= 15 is 0 Å². The number of benzene rings is 2. The zero-order chi connectivity index (χ0) is 20.4. The van der Waals surface area contributed by atoms with Gasteiger partial charge < -0.3 is 10.1 Å². The Kier molecular flexibility index (Phi) is 5.82. The van der Waals surface area contributed by atoms with Gasteiger partial charge >= 0.3 is 0 Å². The van der Waals surface area contributed by atoms with E-state index in [0.717, 1.165) is 16.7 Å². The molecule has 2 aromatic rings. The van der Waals surface area contributed by atoms with Crippen molar-refractivity contribution in [3.8, 4) is 5.75 Å². The monoisotopic (exact) mass is 383 g/mol. The van der Waals surface area contributed by atoms with Crippen molar-refractivity contribution < 1.29 is 18.7 Å². The molecule has 1 aliphatic rings. The van der Waals surface area contributed by atoms with Crippen LogP contribution in [-0.4, -0.2) is 18.3 Å². The molecule has 3 rings (SSSR count). The molecular formula is C23H26FNO3. The minimum absolute atomic E-state index is 0.0629. The Balaban J connectivity index is 1.71. The number of nitrogens with one attached hydrogen (secondary N) is 1.